The van der Waals surface area contributed by atoms with Crippen LogP contribution in [0.5, 0.6) is 0 Å². The second-order valence-electron chi connectivity index (χ2n) is 17.7. The van der Waals surface area contributed by atoms with E-state index in [-0.39, 0.29) is 10.3 Å². The Morgan fingerprint density at radius 3 is 1.33 bits per heavy atom. The van der Waals surface area contributed by atoms with Crippen molar-refractivity contribution < 1.29 is 0 Å². The number of rotatable bonds is 1. The molecule has 0 bridgehead atoms. The minimum absolute atomic E-state index is 0.123. The molecular weight excluding hydrogens is 687 g/mol. The first-order valence-corrected chi connectivity index (χ1v) is 22.9. The molecular formula is C52H48P2. The fraction of sp³-hybridized carbons (Fsp3) is 0.231. The van der Waals surface area contributed by atoms with Gasteiger partial charge in [-0.1, -0.05) is 191 Å². The van der Waals surface area contributed by atoms with Crippen LogP contribution in [-0.2, 0) is 12.3 Å². The van der Waals surface area contributed by atoms with Gasteiger partial charge in [-0.05, 0) is 122 Å². The van der Waals surface area contributed by atoms with Crippen molar-refractivity contribution in [3.05, 3.63) is 168 Å². The first-order chi connectivity index (χ1) is 26.1. The lowest BCUT2D eigenvalue weighted by Crippen LogP contribution is -2.25. The molecule has 2 heterocycles. The first-order valence-electron chi connectivity index (χ1n) is 19.7. The molecule has 0 aromatic heterocycles. The van der Waals surface area contributed by atoms with Crippen molar-refractivity contribution in [2.45, 2.75) is 75.5 Å². The van der Waals surface area contributed by atoms with Gasteiger partial charge in [0.2, 0.25) is 0 Å². The number of fused-ring (bicyclic) bond motifs is 13. The highest BCUT2D eigenvalue weighted by atomic mass is 31.1. The van der Waals surface area contributed by atoms with E-state index in [0.717, 1.165) is 12.3 Å². The van der Waals surface area contributed by atoms with E-state index >= 15 is 0 Å². The van der Waals surface area contributed by atoms with Crippen LogP contribution in [0.4, 0.5) is 0 Å². The Labute approximate surface area is 323 Å². The fourth-order valence-corrected chi connectivity index (χ4v) is 17.3. The standard InChI is InChI=1S/C52H48P2/c1-51(2,3)53-32-39-26-24-34-16-10-13-21-41(34)47(39)48-42-22-14-11-17-35(42)27-28-43(48)49(53)50-45-30-37-19-8-7-18-36(37)29-44(45)46-38(31-54(50)52(4,5)6)25-23-33-15-9-12-20-40(33)46/h7-30,49-50H,31-32H2,1-6H3. The summed E-state index contributed by atoms with van der Waals surface area (Å²) in [6.45, 7) is 15.3. The highest BCUT2D eigenvalue weighted by Gasteiger charge is 2.48. The van der Waals surface area contributed by atoms with Crippen molar-refractivity contribution in [1.29, 1.82) is 0 Å². The van der Waals surface area contributed by atoms with E-state index in [9.17, 15) is 0 Å². The molecule has 0 aliphatic carbocycles. The Hall–Kier alpha value is -4.34. The van der Waals surface area contributed by atoms with E-state index in [4.69, 9.17) is 0 Å². The monoisotopic (exact) mass is 734 g/mol. The maximum atomic E-state index is 2.65. The van der Waals surface area contributed by atoms with Gasteiger partial charge in [-0.15, -0.1) is 0 Å². The molecule has 8 aromatic rings. The van der Waals surface area contributed by atoms with Crippen molar-refractivity contribution in [2.75, 3.05) is 0 Å². The maximum absolute atomic E-state index is 2.65. The van der Waals surface area contributed by atoms with Gasteiger partial charge in [-0.3, -0.25) is 0 Å². The number of hydrogen-bond acceptors (Lipinski definition) is 0. The van der Waals surface area contributed by atoms with E-state index in [1.807, 2.05) is 0 Å². The Bertz CT molecular complexity index is 2750. The van der Waals surface area contributed by atoms with Crippen molar-refractivity contribution in [3.63, 3.8) is 0 Å². The van der Waals surface area contributed by atoms with E-state index in [1.165, 1.54) is 76.5 Å². The lowest BCUT2D eigenvalue weighted by atomic mass is 9.84. The molecule has 2 aliphatic rings. The SMILES string of the molecule is CC(C)(C)P1Cc2ccc3ccccc3c2-c2cc3ccccc3cc2C1C1c2ccc3ccccc3c2-c2c(ccc3ccccc23)CP1C(C)(C)C. The molecule has 0 N–H and O–H groups in total. The van der Waals surface area contributed by atoms with Gasteiger partial charge in [-0.2, -0.15) is 0 Å². The minimum Gasteiger partial charge on any atom is -0.0880 e. The second kappa shape index (κ2) is 12.6. The summed E-state index contributed by atoms with van der Waals surface area (Å²) in [5.41, 5.74) is 12.8. The van der Waals surface area contributed by atoms with Crippen LogP contribution in [0.15, 0.2) is 146 Å². The topological polar surface area (TPSA) is 0 Å². The molecule has 2 aliphatic heterocycles. The summed E-state index contributed by atoms with van der Waals surface area (Å²) in [6.07, 6.45) is 2.24. The zero-order valence-corrected chi connectivity index (χ0v) is 34.1. The highest BCUT2D eigenvalue weighted by molar-refractivity contribution is 7.63. The summed E-state index contributed by atoms with van der Waals surface area (Å²) in [7, 11) is -1.11. The van der Waals surface area contributed by atoms with Crippen LogP contribution in [0.3, 0.4) is 0 Å². The molecule has 0 saturated carbocycles. The predicted octanol–water partition coefficient (Wildman–Crippen LogP) is 16.0. The van der Waals surface area contributed by atoms with Crippen molar-refractivity contribution in [1.82, 2.24) is 0 Å². The molecule has 10 rings (SSSR count). The summed E-state index contributed by atoms with van der Waals surface area (Å²) in [4.78, 5) is 0. The van der Waals surface area contributed by atoms with Gasteiger partial charge in [0, 0.05) is 11.3 Å². The van der Waals surface area contributed by atoms with Gasteiger partial charge in [0.1, 0.15) is 0 Å². The van der Waals surface area contributed by atoms with Gasteiger partial charge in [-0.25, -0.2) is 0 Å². The number of hydrogen-bond donors (Lipinski definition) is 0. The van der Waals surface area contributed by atoms with Crippen molar-refractivity contribution in [2.24, 2.45) is 0 Å². The van der Waals surface area contributed by atoms with Crippen LogP contribution < -0.4 is 0 Å². The molecule has 0 radical (unpaired) electrons. The molecule has 0 saturated heterocycles. The summed E-state index contributed by atoms with van der Waals surface area (Å²) < 4.78 is 0. The Morgan fingerprint density at radius 2 is 0.796 bits per heavy atom. The smallest absolute Gasteiger partial charge is 0.0165 e. The van der Waals surface area contributed by atoms with Crippen LogP contribution in [0.1, 0.15) is 75.1 Å². The Balaban J connectivity index is 1.37. The third-order valence-corrected chi connectivity index (χ3v) is 20.0. The molecule has 2 heteroatoms. The lowest BCUT2D eigenvalue weighted by Gasteiger charge is -2.48. The van der Waals surface area contributed by atoms with Gasteiger partial charge in [0.15, 0.2) is 0 Å². The Morgan fingerprint density at radius 1 is 0.389 bits per heavy atom. The van der Waals surface area contributed by atoms with Gasteiger partial charge < -0.3 is 0 Å². The van der Waals surface area contributed by atoms with Gasteiger partial charge in [0.25, 0.3) is 0 Å². The minimum atomic E-state index is -0.557. The van der Waals surface area contributed by atoms with E-state index < -0.39 is 15.8 Å². The molecule has 8 aromatic carbocycles. The van der Waals surface area contributed by atoms with Crippen LogP contribution in [0.25, 0.3) is 65.3 Å². The first kappa shape index (κ1) is 34.2. The summed E-state index contributed by atoms with van der Waals surface area (Å²) in [5, 5.41) is 11.1. The van der Waals surface area contributed by atoms with Crippen molar-refractivity contribution >= 4 is 58.9 Å². The predicted molar refractivity (Wildman–Crippen MR) is 240 cm³/mol. The summed E-state index contributed by atoms with van der Waals surface area (Å²) >= 11 is 0. The highest BCUT2D eigenvalue weighted by Crippen LogP contribution is 2.79. The third kappa shape index (κ3) is 5.40. The zero-order chi connectivity index (χ0) is 36.9. The van der Waals surface area contributed by atoms with Crippen LogP contribution in [0, 0.1) is 0 Å². The average molecular weight is 735 g/mol. The number of benzene rings is 8. The largest absolute Gasteiger partial charge is 0.0880 e. The lowest BCUT2D eigenvalue weighted by molar-refractivity contribution is 0.723. The molecule has 4 atom stereocenters. The fourth-order valence-electron chi connectivity index (χ4n) is 9.93. The van der Waals surface area contributed by atoms with Gasteiger partial charge in [0.05, 0.1) is 0 Å². The van der Waals surface area contributed by atoms with E-state index in [1.54, 1.807) is 11.1 Å². The van der Waals surface area contributed by atoms with Crippen LogP contribution in [0.2, 0.25) is 0 Å². The average Bonchev–Trinajstić information content (AvgIpc) is 3.41. The van der Waals surface area contributed by atoms with E-state index in [0.29, 0.717) is 11.3 Å². The van der Waals surface area contributed by atoms with E-state index in [2.05, 4.69) is 187 Å². The Kier molecular flexibility index (Phi) is 7.97. The summed E-state index contributed by atoms with van der Waals surface area (Å²) in [5.74, 6) is 0. The maximum Gasteiger partial charge on any atom is 0.0165 e. The molecule has 54 heavy (non-hydrogen) atoms. The molecule has 0 fully saturated rings. The molecule has 0 nitrogen and oxygen atoms in total. The molecule has 0 amide bonds. The molecule has 4 unspecified atom stereocenters. The van der Waals surface area contributed by atoms with Gasteiger partial charge >= 0.3 is 0 Å². The van der Waals surface area contributed by atoms with Crippen LogP contribution in [-0.4, -0.2) is 10.3 Å². The summed E-state index contributed by atoms with van der Waals surface area (Å²) in [6, 6.07) is 56.6. The second-order valence-corrected chi connectivity index (χ2v) is 24.0. The quantitative estimate of drug-likeness (QED) is 0.147. The van der Waals surface area contributed by atoms with Crippen LogP contribution >= 0.6 is 15.8 Å². The molecule has 266 valence electrons. The zero-order valence-electron chi connectivity index (χ0n) is 32.3. The molecule has 0 spiro atoms. The van der Waals surface area contributed by atoms with Crippen molar-refractivity contribution in [3.8, 4) is 22.3 Å². The third-order valence-electron chi connectivity index (χ3n) is 12.4. The normalized spacial score (nSPS) is 19.9.